The molecule has 0 bridgehead atoms. The summed E-state index contributed by atoms with van der Waals surface area (Å²) in [6, 6.07) is 10.1. The van der Waals surface area contributed by atoms with Crippen molar-refractivity contribution in [3.63, 3.8) is 0 Å². The van der Waals surface area contributed by atoms with Crippen molar-refractivity contribution in [1.29, 1.82) is 0 Å². The zero-order chi connectivity index (χ0) is 11.3. The van der Waals surface area contributed by atoms with E-state index in [1.807, 2.05) is 43.8 Å². The highest BCUT2D eigenvalue weighted by molar-refractivity contribution is 6.79. The summed E-state index contributed by atoms with van der Waals surface area (Å²) < 4.78 is 11.4. The summed E-state index contributed by atoms with van der Waals surface area (Å²) in [6.45, 7) is 8.39. The van der Waals surface area contributed by atoms with Crippen molar-refractivity contribution in [1.82, 2.24) is 0 Å². The van der Waals surface area contributed by atoms with Crippen LogP contribution in [0, 0.1) is 0 Å². The minimum absolute atomic E-state index is 0.561. The molecule has 0 saturated heterocycles. The van der Waals surface area contributed by atoms with E-state index in [1.54, 1.807) is 7.11 Å². The summed E-state index contributed by atoms with van der Waals surface area (Å²) in [6.07, 6.45) is 0. The largest absolute Gasteiger partial charge is 0.394 e. The number of hydrogen-bond donors (Lipinski definition) is 0. The number of hydrogen-bond acceptors (Lipinski definition) is 2. The molecule has 1 aromatic rings. The lowest BCUT2D eigenvalue weighted by Gasteiger charge is -2.25. The summed E-state index contributed by atoms with van der Waals surface area (Å²) in [5.41, 5.74) is 1.02. The Morgan fingerprint density at radius 3 is 2.40 bits per heavy atom. The van der Waals surface area contributed by atoms with Gasteiger partial charge in [0, 0.05) is 7.11 Å². The first-order valence-corrected chi connectivity index (χ1v) is 7.29. The van der Waals surface area contributed by atoms with E-state index in [-0.39, 0.29) is 0 Å². The first-order chi connectivity index (χ1) is 7.08. The van der Waals surface area contributed by atoms with E-state index in [4.69, 9.17) is 8.85 Å². The van der Waals surface area contributed by atoms with Gasteiger partial charge in [0.1, 0.15) is 0 Å². The van der Waals surface area contributed by atoms with Crippen LogP contribution in [0.2, 0.25) is 6.55 Å². The molecule has 0 fully saturated rings. The van der Waals surface area contributed by atoms with Gasteiger partial charge >= 0.3 is 8.56 Å². The lowest BCUT2D eigenvalue weighted by atomic mass is 10.4. The molecule has 15 heavy (non-hydrogen) atoms. The van der Waals surface area contributed by atoms with Gasteiger partial charge in [0.25, 0.3) is 0 Å². The summed E-state index contributed by atoms with van der Waals surface area (Å²) in [4.78, 5) is 0. The SMILES string of the molecule is C=C(C)CO[Si](C)(OC)c1ccccc1. The monoisotopic (exact) mass is 222 g/mol. The molecule has 0 saturated carbocycles. The molecule has 1 unspecified atom stereocenters. The van der Waals surface area contributed by atoms with Gasteiger partial charge in [-0.05, 0) is 18.7 Å². The van der Waals surface area contributed by atoms with E-state index < -0.39 is 8.56 Å². The van der Waals surface area contributed by atoms with Crippen LogP contribution < -0.4 is 5.19 Å². The molecule has 0 radical (unpaired) electrons. The molecule has 0 aromatic heterocycles. The quantitative estimate of drug-likeness (QED) is 0.562. The first kappa shape index (κ1) is 12.2. The van der Waals surface area contributed by atoms with Crippen LogP contribution >= 0.6 is 0 Å². The lowest BCUT2D eigenvalue weighted by Crippen LogP contribution is -2.50. The Kier molecular flexibility index (Phi) is 4.26. The van der Waals surface area contributed by atoms with Crippen LogP contribution in [-0.2, 0) is 8.85 Å². The smallest absolute Gasteiger partial charge is 0.369 e. The first-order valence-electron chi connectivity index (χ1n) is 4.97. The summed E-state index contributed by atoms with van der Waals surface area (Å²) in [5, 5.41) is 1.15. The third kappa shape index (κ3) is 3.30. The van der Waals surface area contributed by atoms with Crippen LogP contribution in [0.5, 0.6) is 0 Å². The molecule has 1 rings (SSSR count). The fourth-order valence-corrected chi connectivity index (χ4v) is 3.10. The Balaban J connectivity index is 2.80. The lowest BCUT2D eigenvalue weighted by molar-refractivity contribution is 0.236. The molecule has 0 amide bonds. The van der Waals surface area contributed by atoms with E-state index >= 15 is 0 Å². The van der Waals surface area contributed by atoms with Gasteiger partial charge in [0.05, 0.1) is 6.61 Å². The van der Waals surface area contributed by atoms with E-state index in [0.717, 1.165) is 10.8 Å². The van der Waals surface area contributed by atoms with Crippen molar-refractivity contribution in [3.8, 4) is 0 Å². The van der Waals surface area contributed by atoms with Crippen molar-refractivity contribution in [2.45, 2.75) is 13.5 Å². The average Bonchev–Trinajstić information content (AvgIpc) is 2.27. The molecular formula is C12H18O2Si. The summed E-state index contributed by atoms with van der Waals surface area (Å²) >= 11 is 0. The Morgan fingerprint density at radius 1 is 1.33 bits per heavy atom. The highest BCUT2D eigenvalue weighted by Gasteiger charge is 2.32. The maximum atomic E-state index is 5.84. The Bertz CT molecular complexity index is 324. The molecule has 82 valence electrons. The van der Waals surface area contributed by atoms with E-state index in [1.165, 1.54) is 0 Å². The van der Waals surface area contributed by atoms with Crippen LogP contribution in [0.3, 0.4) is 0 Å². The molecule has 0 aliphatic carbocycles. The number of rotatable bonds is 5. The fraction of sp³-hybridized carbons (Fsp3) is 0.333. The van der Waals surface area contributed by atoms with Gasteiger partial charge < -0.3 is 8.85 Å². The van der Waals surface area contributed by atoms with Gasteiger partial charge in [-0.15, -0.1) is 0 Å². The molecule has 1 aromatic carbocycles. The minimum Gasteiger partial charge on any atom is -0.394 e. The highest BCUT2D eigenvalue weighted by Crippen LogP contribution is 2.08. The molecule has 2 nitrogen and oxygen atoms in total. The zero-order valence-electron chi connectivity index (χ0n) is 9.62. The molecule has 0 aliphatic heterocycles. The average molecular weight is 222 g/mol. The van der Waals surface area contributed by atoms with E-state index in [2.05, 4.69) is 6.58 Å². The standard InChI is InChI=1S/C12H18O2Si/c1-11(2)10-14-15(4,13-3)12-8-6-5-7-9-12/h5-9H,1,10H2,2-4H3. The highest BCUT2D eigenvalue weighted by atomic mass is 28.4. The Morgan fingerprint density at radius 2 is 1.93 bits per heavy atom. The maximum absolute atomic E-state index is 5.84. The third-order valence-electron chi connectivity index (χ3n) is 2.28. The van der Waals surface area contributed by atoms with Gasteiger partial charge in [-0.25, -0.2) is 0 Å². The fourth-order valence-electron chi connectivity index (χ4n) is 1.26. The number of benzene rings is 1. The van der Waals surface area contributed by atoms with Crippen molar-refractivity contribution >= 4 is 13.7 Å². The van der Waals surface area contributed by atoms with E-state index in [0.29, 0.717) is 6.61 Å². The Hall–Kier alpha value is -0.903. The summed E-state index contributed by atoms with van der Waals surface area (Å²) in [7, 11) is -0.517. The van der Waals surface area contributed by atoms with Crippen molar-refractivity contribution < 1.29 is 8.85 Å². The second-order valence-corrected chi connectivity index (χ2v) is 6.93. The zero-order valence-corrected chi connectivity index (χ0v) is 10.6. The van der Waals surface area contributed by atoms with Crippen LogP contribution in [0.25, 0.3) is 0 Å². The van der Waals surface area contributed by atoms with Crippen molar-refractivity contribution in [3.05, 3.63) is 42.5 Å². The molecule has 1 atom stereocenters. The van der Waals surface area contributed by atoms with Gasteiger partial charge in [-0.2, -0.15) is 0 Å². The topological polar surface area (TPSA) is 18.5 Å². The molecule has 0 heterocycles. The maximum Gasteiger partial charge on any atom is 0.369 e. The Labute approximate surface area is 92.8 Å². The van der Waals surface area contributed by atoms with Crippen LogP contribution in [-0.4, -0.2) is 22.3 Å². The normalized spacial score (nSPS) is 14.6. The van der Waals surface area contributed by atoms with Crippen molar-refractivity contribution in [2.24, 2.45) is 0 Å². The second-order valence-electron chi connectivity index (χ2n) is 3.76. The van der Waals surface area contributed by atoms with Gasteiger partial charge in [-0.1, -0.05) is 42.5 Å². The van der Waals surface area contributed by atoms with Crippen LogP contribution in [0.4, 0.5) is 0 Å². The second kappa shape index (κ2) is 5.26. The van der Waals surface area contributed by atoms with Crippen LogP contribution in [0.1, 0.15) is 6.92 Å². The predicted molar refractivity (Wildman–Crippen MR) is 65.5 cm³/mol. The van der Waals surface area contributed by atoms with Gasteiger partial charge in [0.15, 0.2) is 0 Å². The molecule has 3 heteroatoms. The molecular weight excluding hydrogens is 204 g/mol. The van der Waals surface area contributed by atoms with Gasteiger partial charge in [-0.3, -0.25) is 0 Å². The van der Waals surface area contributed by atoms with Crippen LogP contribution in [0.15, 0.2) is 42.5 Å². The molecule has 0 spiro atoms. The third-order valence-corrected chi connectivity index (χ3v) is 5.14. The van der Waals surface area contributed by atoms with E-state index in [9.17, 15) is 0 Å². The molecule has 0 aliphatic rings. The molecule has 0 N–H and O–H groups in total. The van der Waals surface area contributed by atoms with Crippen molar-refractivity contribution in [2.75, 3.05) is 13.7 Å². The minimum atomic E-state index is -2.22. The van der Waals surface area contributed by atoms with Gasteiger partial charge in [0.2, 0.25) is 0 Å². The predicted octanol–water partition coefficient (Wildman–Crippen LogP) is 2.20. The summed E-state index contributed by atoms with van der Waals surface area (Å²) in [5.74, 6) is 0.